The fourth-order valence-electron chi connectivity index (χ4n) is 2.54. The van der Waals surface area contributed by atoms with Gasteiger partial charge in [0, 0.05) is 13.1 Å². The van der Waals surface area contributed by atoms with Crippen LogP contribution < -0.4 is 10.5 Å². The standard InChI is InChI=1S/C14H21BrN2O2.ClH/c1-14(8-16)5-6-17(9-14)7-10-3-4-11(19-2)13(18)12(10)15;/h3-4,18H,5-9,16H2,1-2H3;1H. The number of ether oxygens (including phenoxy) is 1. The lowest BCUT2D eigenvalue weighted by Gasteiger charge is -2.23. The molecule has 1 aromatic carbocycles. The zero-order valence-electron chi connectivity index (χ0n) is 11.9. The monoisotopic (exact) mass is 364 g/mol. The van der Waals surface area contributed by atoms with Crippen molar-refractivity contribution in [3.63, 3.8) is 0 Å². The Kier molecular flexibility index (Phi) is 6.13. The van der Waals surface area contributed by atoms with Crippen molar-refractivity contribution in [2.75, 3.05) is 26.7 Å². The first-order valence-corrected chi connectivity index (χ1v) is 7.25. The number of nitrogens with zero attached hydrogens (tertiary/aromatic N) is 1. The van der Waals surface area contributed by atoms with E-state index in [9.17, 15) is 5.11 Å². The zero-order chi connectivity index (χ0) is 14.0. The number of phenols is 1. The molecule has 0 spiro atoms. The third kappa shape index (κ3) is 3.58. The van der Waals surface area contributed by atoms with E-state index in [1.807, 2.05) is 6.07 Å². The van der Waals surface area contributed by atoms with E-state index in [0.29, 0.717) is 10.2 Å². The Balaban J connectivity index is 0.00000200. The van der Waals surface area contributed by atoms with Crippen molar-refractivity contribution in [1.82, 2.24) is 4.90 Å². The van der Waals surface area contributed by atoms with Gasteiger partial charge >= 0.3 is 0 Å². The minimum atomic E-state index is 0. The van der Waals surface area contributed by atoms with Crippen molar-refractivity contribution >= 4 is 28.3 Å². The highest BCUT2D eigenvalue weighted by atomic mass is 79.9. The Morgan fingerprint density at radius 1 is 1.50 bits per heavy atom. The maximum Gasteiger partial charge on any atom is 0.172 e. The summed E-state index contributed by atoms with van der Waals surface area (Å²) in [5, 5.41) is 9.99. The minimum absolute atomic E-state index is 0. The summed E-state index contributed by atoms with van der Waals surface area (Å²) in [5.74, 6) is 0.657. The molecule has 1 aromatic rings. The molecule has 0 amide bonds. The Morgan fingerprint density at radius 2 is 2.20 bits per heavy atom. The van der Waals surface area contributed by atoms with Crippen LogP contribution in [0.2, 0.25) is 0 Å². The van der Waals surface area contributed by atoms with E-state index in [1.54, 1.807) is 13.2 Å². The first-order valence-electron chi connectivity index (χ1n) is 6.46. The quantitative estimate of drug-likeness (QED) is 0.861. The van der Waals surface area contributed by atoms with Crippen LogP contribution in [0.15, 0.2) is 16.6 Å². The van der Waals surface area contributed by atoms with Crippen molar-refractivity contribution in [3.05, 3.63) is 22.2 Å². The van der Waals surface area contributed by atoms with E-state index in [1.165, 1.54) is 0 Å². The predicted molar refractivity (Wildman–Crippen MR) is 86.7 cm³/mol. The van der Waals surface area contributed by atoms with Gasteiger partial charge in [-0.15, -0.1) is 12.4 Å². The molecule has 2 rings (SSSR count). The number of benzene rings is 1. The predicted octanol–water partition coefficient (Wildman–Crippen LogP) is 2.76. The third-order valence-corrected chi connectivity index (χ3v) is 4.79. The zero-order valence-corrected chi connectivity index (χ0v) is 14.3. The number of phenolic OH excluding ortho intramolecular Hbond substituents is 1. The molecule has 1 saturated heterocycles. The van der Waals surface area contributed by atoms with Gasteiger partial charge in [-0.05, 0) is 52.5 Å². The molecule has 4 nitrogen and oxygen atoms in total. The highest BCUT2D eigenvalue weighted by Gasteiger charge is 2.32. The van der Waals surface area contributed by atoms with Crippen LogP contribution in [0.3, 0.4) is 0 Å². The van der Waals surface area contributed by atoms with Crippen LogP contribution in [0.1, 0.15) is 18.9 Å². The van der Waals surface area contributed by atoms with Gasteiger partial charge < -0.3 is 15.6 Å². The second kappa shape index (κ2) is 6.98. The summed E-state index contributed by atoms with van der Waals surface area (Å²) < 4.78 is 5.81. The summed E-state index contributed by atoms with van der Waals surface area (Å²) >= 11 is 3.44. The number of hydrogen-bond donors (Lipinski definition) is 2. The number of rotatable bonds is 4. The number of aromatic hydroxyl groups is 1. The number of nitrogens with two attached hydrogens (primary N) is 1. The van der Waals surface area contributed by atoms with E-state index >= 15 is 0 Å². The largest absolute Gasteiger partial charge is 0.503 e. The lowest BCUT2D eigenvalue weighted by molar-refractivity contribution is 0.273. The van der Waals surface area contributed by atoms with Crippen molar-refractivity contribution in [3.8, 4) is 11.5 Å². The Morgan fingerprint density at radius 3 is 2.75 bits per heavy atom. The average Bonchev–Trinajstić information content (AvgIpc) is 2.78. The molecule has 1 unspecified atom stereocenters. The summed E-state index contributed by atoms with van der Waals surface area (Å²) in [6, 6.07) is 3.79. The molecule has 6 heteroatoms. The molecule has 20 heavy (non-hydrogen) atoms. The second-order valence-corrected chi connectivity index (χ2v) is 6.36. The van der Waals surface area contributed by atoms with Gasteiger partial charge in [-0.1, -0.05) is 13.0 Å². The average molecular weight is 366 g/mol. The van der Waals surface area contributed by atoms with E-state index in [2.05, 4.69) is 27.8 Å². The van der Waals surface area contributed by atoms with Crippen LogP contribution in [0.25, 0.3) is 0 Å². The molecular formula is C14H22BrClN2O2. The van der Waals surface area contributed by atoms with Gasteiger partial charge in [-0.3, -0.25) is 4.90 Å². The fraction of sp³-hybridized carbons (Fsp3) is 0.571. The van der Waals surface area contributed by atoms with Gasteiger partial charge in [0.1, 0.15) is 0 Å². The van der Waals surface area contributed by atoms with Crippen LogP contribution in [0.4, 0.5) is 0 Å². The number of methoxy groups -OCH3 is 1. The molecule has 1 heterocycles. The van der Waals surface area contributed by atoms with Crippen molar-refractivity contribution in [2.45, 2.75) is 19.9 Å². The topological polar surface area (TPSA) is 58.7 Å². The SMILES string of the molecule is COc1ccc(CN2CCC(C)(CN)C2)c(Br)c1O.Cl. The highest BCUT2D eigenvalue weighted by molar-refractivity contribution is 9.10. The first-order chi connectivity index (χ1) is 8.99. The third-order valence-electron chi connectivity index (χ3n) is 3.90. The Hall–Kier alpha value is -0.490. The summed E-state index contributed by atoms with van der Waals surface area (Å²) in [6.45, 7) is 5.81. The lowest BCUT2D eigenvalue weighted by Crippen LogP contribution is -2.31. The van der Waals surface area contributed by atoms with Gasteiger partial charge in [-0.25, -0.2) is 0 Å². The summed E-state index contributed by atoms with van der Waals surface area (Å²) in [4.78, 5) is 2.37. The normalized spacial score (nSPS) is 22.6. The Labute approximate surface area is 134 Å². The highest BCUT2D eigenvalue weighted by Crippen LogP contribution is 2.38. The molecular weight excluding hydrogens is 344 g/mol. The van der Waals surface area contributed by atoms with Gasteiger partial charge in [0.05, 0.1) is 11.6 Å². The lowest BCUT2D eigenvalue weighted by atomic mass is 9.90. The molecule has 0 bridgehead atoms. The van der Waals surface area contributed by atoms with Crippen molar-refractivity contribution < 1.29 is 9.84 Å². The van der Waals surface area contributed by atoms with Gasteiger partial charge in [0.25, 0.3) is 0 Å². The minimum Gasteiger partial charge on any atom is -0.503 e. The maximum atomic E-state index is 9.99. The number of hydrogen-bond acceptors (Lipinski definition) is 4. The molecule has 114 valence electrons. The van der Waals surface area contributed by atoms with Gasteiger partial charge in [0.15, 0.2) is 11.5 Å². The first kappa shape index (κ1) is 17.6. The van der Waals surface area contributed by atoms with E-state index in [-0.39, 0.29) is 23.6 Å². The van der Waals surface area contributed by atoms with Gasteiger partial charge in [0.2, 0.25) is 0 Å². The van der Waals surface area contributed by atoms with E-state index in [4.69, 9.17) is 10.5 Å². The van der Waals surface area contributed by atoms with E-state index in [0.717, 1.165) is 38.2 Å². The summed E-state index contributed by atoms with van der Waals surface area (Å²) in [7, 11) is 1.55. The fourth-order valence-corrected chi connectivity index (χ4v) is 3.00. The van der Waals surface area contributed by atoms with E-state index < -0.39 is 0 Å². The van der Waals surface area contributed by atoms with Crippen molar-refractivity contribution in [1.29, 1.82) is 0 Å². The van der Waals surface area contributed by atoms with Crippen molar-refractivity contribution in [2.24, 2.45) is 11.1 Å². The molecule has 1 fully saturated rings. The molecule has 0 aliphatic carbocycles. The molecule has 3 N–H and O–H groups in total. The molecule has 0 aromatic heterocycles. The molecule has 1 atom stereocenters. The van der Waals surface area contributed by atoms with Crippen LogP contribution in [-0.4, -0.2) is 36.8 Å². The molecule has 1 aliphatic rings. The number of halogens is 2. The van der Waals surface area contributed by atoms with Gasteiger partial charge in [-0.2, -0.15) is 0 Å². The second-order valence-electron chi connectivity index (χ2n) is 5.56. The molecule has 0 radical (unpaired) electrons. The van der Waals surface area contributed by atoms with Crippen LogP contribution in [0, 0.1) is 5.41 Å². The smallest absolute Gasteiger partial charge is 0.172 e. The van der Waals surface area contributed by atoms with Crippen LogP contribution >= 0.6 is 28.3 Å². The summed E-state index contributed by atoms with van der Waals surface area (Å²) in [5.41, 5.74) is 7.12. The summed E-state index contributed by atoms with van der Waals surface area (Å²) in [6.07, 6.45) is 1.13. The Bertz CT molecular complexity index is 473. The molecule has 1 aliphatic heterocycles. The maximum absolute atomic E-state index is 9.99. The van der Waals surface area contributed by atoms with Crippen LogP contribution in [0.5, 0.6) is 11.5 Å². The van der Waals surface area contributed by atoms with Crippen LogP contribution in [-0.2, 0) is 6.54 Å². The number of likely N-dealkylation sites (tertiary alicyclic amines) is 1. The molecule has 0 saturated carbocycles.